The van der Waals surface area contributed by atoms with E-state index in [0.29, 0.717) is 22.1 Å². The van der Waals surface area contributed by atoms with Gasteiger partial charge in [0.2, 0.25) is 4.96 Å². The third kappa shape index (κ3) is 5.72. The van der Waals surface area contributed by atoms with Gasteiger partial charge in [-0.3, -0.25) is 9.59 Å². The number of fused-ring (bicyclic) bond motifs is 1. The predicted molar refractivity (Wildman–Crippen MR) is 132 cm³/mol. The quantitative estimate of drug-likeness (QED) is 0.370. The highest BCUT2D eigenvalue weighted by Gasteiger charge is 2.20. The van der Waals surface area contributed by atoms with Gasteiger partial charge in [0.05, 0.1) is 16.9 Å². The second-order valence-electron chi connectivity index (χ2n) is 8.06. The Morgan fingerprint density at radius 1 is 1.06 bits per heavy atom. The lowest BCUT2D eigenvalue weighted by Gasteiger charge is -2.16. The number of benzene rings is 2. The number of rotatable bonds is 8. The molecule has 35 heavy (non-hydrogen) atoms. The van der Waals surface area contributed by atoms with Crippen LogP contribution in [-0.4, -0.2) is 32.6 Å². The van der Waals surface area contributed by atoms with Crippen LogP contribution in [0.5, 0.6) is 5.75 Å². The summed E-state index contributed by atoms with van der Waals surface area (Å²) in [6.07, 6.45) is -0.791. The van der Waals surface area contributed by atoms with E-state index in [4.69, 9.17) is 9.47 Å². The lowest BCUT2D eigenvalue weighted by molar-refractivity contribution is -0.122. The Morgan fingerprint density at radius 2 is 1.77 bits per heavy atom. The van der Waals surface area contributed by atoms with Crippen molar-refractivity contribution in [1.29, 1.82) is 0 Å². The molecule has 2 heterocycles. The first-order valence-corrected chi connectivity index (χ1v) is 11.8. The summed E-state index contributed by atoms with van der Waals surface area (Å²) in [6.45, 7) is 5.38. The average Bonchev–Trinajstić information content (AvgIpc) is 3.29. The van der Waals surface area contributed by atoms with Crippen molar-refractivity contribution in [2.45, 2.75) is 39.4 Å². The second-order valence-corrected chi connectivity index (χ2v) is 9.05. The van der Waals surface area contributed by atoms with Crippen LogP contribution < -0.4 is 15.6 Å². The van der Waals surface area contributed by atoms with Crippen molar-refractivity contribution in [1.82, 2.24) is 14.6 Å². The molecule has 0 spiro atoms. The lowest BCUT2D eigenvalue weighted by Crippen LogP contribution is -2.30. The van der Waals surface area contributed by atoms with Gasteiger partial charge in [0.25, 0.3) is 11.5 Å². The molecule has 0 aliphatic carbocycles. The molecule has 0 saturated carbocycles. The van der Waals surface area contributed by atoms with Crippen molar-refractivity contribution >= 4 is 33.9 Å². The number of carbonyl (C=O) groups excluding carboxylic acids is 2. The SMILES string of the molecule is CC(Oc1ccccc1)C(=O)Nc1ccccc1C(=O)OCc1cc(=O)n2nc(C(C)C)sc2n1. The van der Waals surface area contributed by atoms with Gasteiger partial charge >= 0.3 is 5.97 Å². The van der Waals surface area contributed by atoms with Crippen LogP contribution in [0.1, 0.15) is 47.7 Å². The molecule has 1 N–H and O–H groups in total. The molecule has 0 saturated heterocycles. The first-order valence-electron chi connectivity index (χ1n) is 11.0. The van der Waals surface area contributed by atoms with E-state index >= 15 is 0 Å². The van der Waals surface area contributed by atoms with Crippen molar-refractivity contribution < 1.29 is 19.1 Å². The Balaban J connectivity index is 1.44. The fourth-order valence-corrected chi connectivity index (χ4v) is 4.08. The standard InChI is InChI=1S/C25H24N4O5S/c1-15(2)23-28-29-21(30)13-17(26-25(29)35-23)14-33-24(32)19-11-7-8-12-20(19)27-22(31)16(3)34-18-9-5-4-6-10-18/h4-13,15-16H,14H2,1-3H3,(H,27,31). The van der Waals surface area contributed by atoms with Gasteiger partial charge in [-0.2, -0.15) is 9.61 Å². The highest BCUT2D eigenvalue weighted by atomic mass is 32.1. The number of para-hydroxylation sites is 2. The maximum atomic E-state index is 12.8. The van der Waals surface area contributed by atoms with E-state index in [0.717, 1.165) is 5.01 Å². The monoisotopic (exact) mass is 492 g/mol. The number of ether oxygens (including phenoxy) is 2. The fraction of sp³-hybridized carbons (Fsp3) is 0.240. The summed E-state index contributed by atoms with van der Waals surface area (Å²) in [5.74, 6) is -0.355. The van der Waals surface area contributed by atoms with E-state index in [9.17, 15) is 14.4 Å². The van der Waals surface area contributed by atoms with Gasteiger partial charge in [-0.15, -0.1) is 0 Å². The van der Waals surface area contributed by atoms with Crippen LogP contribution in [0.3, 0.4) is 0 Å². The average molecular weight is 493 g/mol. The van der Waals surface area contributed by atoms with Crippen LogP contribution in [0.25, 0.3) is 4.96 Å². The summed E-state index contributed by atoms with van der Waals surface area (Å²) in [5.41, 5.74) is 0.432. The smallest absolute Gasteiger partial charge is 0.340 e. The highest BCUT2D eigenvalue weighted by molar-refractivity contribution is 7.16. The number of anilines is 1. The van der Waals surface area contributed by atoms with Gasteiger partial charge in [0.15, 0.2) is 6.10 Å². The van der Waals surface area contributed by atoms with E-state index in [1.165, 1.54) is 21.9 Å². The van der Waals surface area contributed by atoms with Crippen LogP contribution in [0.2, 0.25) is 0 Å². The molecule has 2 aromatic carbocycles. The summed E-state index contributed by atoms with van der Waals surface area (Å²) in [4.78, 5) is 42.7. The van der Waals surface area contributed by atoms with Gasteiger partial charge in [-0.1, -0.05) is 55.5 Å². The Kier molecular flexibility index (Phi) is 7.21. The van der Waals surface area contributed by atoms with Gasteiger partial charge in [0, 0.05) is 12.0 Å². The highest BCUT2D eigenvalue weighted by Crippen LogP contribution is 2.21. The van der Waals surface area contributed by atoms with E-state index in [1.807, 2.05) is 32.0 Å². The maximum Gasteiger partial charge on any atom is 0.340 e. The molecule has 0 bridgehead atoms. The van der Waals surface area contributed by atoms with E-state index < -0.39 is 18.0 Å². The third-order valence-corrected chi connectivity index (χ3v) is 6.20. The van der Waals surface area contributed by atoms with Gasteiger partial charge in [0.1, 0.15) is 17.4 Å². The van der Waals surface area contributed by atoms with Crippen molar-refractivity contribution in [2.75, 3.05) is 5.32 Å². The molecule has 0 fully saturated rings. The number of nitrogens with one attached hydrogen (secondary N) is 1. The minimum atomic E-state index is -0.791. The number of amides is 1. The first-order chi connectivity index (χ1) is 16.8. The predicted octanol–water partition coefficient (Wildman–Crippen LogP) is 4.04. The van der Waals surface area contributed by atoms with Crippen LogP contribution in [0.4, 0.5) is 5.69 Å². The number of nitrogens with zero attached hydrogens (tertiary/aromatic N) is 3. The van der Waals surface area contributed by atoms with Gasteiger partial charge in [-0.05, 0) is 31.2 Å². The second kappa shape index (κ2) is 10.5. The molecule has 180 valence electrons. The molecule has 2 aromatic heterocycles. The molecular weight excluding hydrogens is 468 g/mol. The number of carbonyl (C=O) groups is 2. The van der Waals surface area contributed by atoms with Crippen molar-refractivity contribution in [2.24, 2.45) is 0 Å². The fourth-order valence-electron chi connectivity index (χ4n) is 3.16. The van der Waals surface area contributed by atoms with Crippen molar-refractivity contribution in [3.8, 4) is 5.75 Å². The lowest BCUT2D eigenvalue weighted by atomic mass is 10.1. The summed E-state index contributed by atoms with van der Waals surface area (Å²) >= 11 is 1.32. The zero-order chi connectivity index (χ0) is 24.9. The Labute approximate surface area is 205 Å². The summed E-state index contributed by atoms with van der Waals surface area (Å²) in [7, 11) is 0. The molecule has 0 aliphatic rings. The number of aromatic nitrogens is 3. The summed E-state index contributed by atoms with van der Waals surface area (Å²) < 4.78 is 12.3. The maximum absolute atomic E-state index is 12.8. The zero-order valence-electron chi connectivity index (χ0n) is 19.4. The normalized spacial score (nSPS) is 11.9. The minimum Gasteiger partial charge on any atom is -0.481 e. The molecule has 4 rings (SSSR count). The van der Waals surface area contributed by atoms with E-state index in [1.54, 1.807) is 43.3 Å². The van der Waals surface area contributed by atoms with Crippen molar-refractivity contribution in [3.05, 3.63) is 87.3 Å². The Morgan fingerprint density at radius 3 is 2.51 bits per heavy atom. The molecule has 4 aromatic rings. The number of hydrogen-bond acceptors (Lipinski definition) is 8. The van der Waals surface area contributed by atoms with Crippen LogP contribution in [0.15, 0.2) is 65.5 Å². The molecule has 1 unspecified atom stereocenters. The van der Waals surface area contributed by atoms with Gasteiger partial charge < -0.3 is 14.8 Å². The van der Waals surface area contributed by atoms with Gasteiger partial charge in [-0.25, -0.2) is 9.78 Å². The molecule has 0 radical (unpaired) electrons. The van der Waals surface area contributed by atoms with Crippen LogP contribution in [0, 0.1) is 0 Å². The third-order valence-electron chi connectivity index (χ3n) is 4.99. The Hall–Kier alpha value is -4.05. The number of esters is 1. The van der Waals surface area contributed by atoms with E-state index in [-0.39, 0.29) is 23.6 Å². The molecule has 10 heteroatoms. The zero-order valence-corrected chi connectivity index (χ0v) is 20.2. The summed E-state index contributed by atoms with van der Waals surface area (Å²) in [5, 5.41) is 7.78. The largest absolute Gasteiger partial charge is 0.481 e. The molecule has 9 nitrogen and oxygen atoms in total. The topological polar surface area (TPSA) is 112 Å². The molecule has 1 atom stereocenters. The van der Waals surface area contributed by atoms with Crippen LogP contribution in [-0.2, 0) is 16.1 Å². The molecule has 1 amide bonds. The Bertz CT molecular complexity index is 1410. The number of hydrogen-bond donors (Lipinski definition) is 1. The van der Waals surface area contributed by atoms with E-state index in [2.05, 4.69) is 15.4 Å². The summed E-state index contributed by atoms with van der Waals surface area (Å²) in [6, 6.07) is 16.8. The minimum absolute atomic E-state index is 0.162. The van der Waals surface area contributed by atoms with Crippen LogP contribution >= 0.6 is 11.3 Å². The first kappa shape index (κ1) is 24.1. The van der Waals surface area contributed by atoms with Crippen molar-refractivity contribution in [3.63, 3.8) is 0 Å². The molecular formula is C25H24N4O5S. The molecule has 0 aliphatic heterocycles.